The van der Waals surface area contributed by atoms with Crippen molar-refractivity contribution in [3.05, 3.63) is 23.8 Å². The van der Waals surface area contributed by atoms with Crippen molar-refractivity contribution in [1.29, 1.82) is 0 Å². The molecule has 1 fully saturated rings. The van der Waals surface area contributed by atoms with E-state index in [1.807, 2.05) is 12.3 Å². The molecule has 0 aliphatic carbocycles. The van der Waals surface area contributed by atoms with E-state index in [4.69, 9.17) is 0 Å². The lowest BCUT2D eigenvalue weighted by molar-refractivity contribution is 0.444. The molecule has 1 aromatic heterocycles. The summed E-state index contributed by atoms with van der Waals surface area (Å²) in [5.74, 6) is 1.57. The number of aromatic nitrogens is 2. The second-order valence-electron chi connectivity index (χ2n) is 3.56. The SMILES string of the molecule is BrCc1ccnc(C2CCNCC2)n1. The first-order valence-corrected chi connectivity index (χ1v) is 6.11. The Morgan fingerprint density at radius 3 is 2.93 bits per heavy atom. The highest BCUT2D eigenvalue weighted by molar-refractivity contribution is 9.08. The molecular weight excluding hydrogens is 242 g/mol. The summed E-state index contributed by atoms with van der Waals surface area (Å²) >= 11 is 3.41. The molecule has 3 nitrogen and oxygen atoms in total. The van der Waals surface area contributed by atoms with Crippen molar-refractivity contribution >= 4 is 15.9 Å². The maximum Gasteiger partial charge on any atom is 0.131 e. The van der Waals surface area contributed by atoms with Gasteiger partial charge >= 0.3 is 0 Å². The molecule has 0 saturated carbocycles. The van der Waals surface area contributed by atoms with E-state index in [-0.39, 0.29) is 0 Å². The number of rotatable bonds is 2. The minimum atomic E-state index is 0.551. The fourth-order valence-electron chi connectivity index (χ4n) is 1.76. The van der Waals surface area contributed by atoms with E-state index in [1.165, 1.54) is 0 Å². The highest BCUT2D eigenvalue weighted by Gasteiger charge is 2.17. The maximum atomic E-state index is 4.53. The highest BCUT2D eigenvalue weighted by Crippen LogP contribution is 2.21. The molecule has 1 N–H and O–H groups in total. The van der Waals surface area contributed by atoms with Crippen molar-refractivity contribution in [3.8, 4) is 0 Å². The minimum Gasteiger partial charge on any atom is -0.317 e. The largest absolute Gasteiger partial charge is 0.317 e. The summed E-state index contributed by atoms with van der Waals surface area (Å²) in [5, 5.41) is 4.16. The van der Waals surface area contributed by atoms with Gasteiger partial charge < -0.3 is 5.32 Å². The average Bonchev–Trinajstić information content (AvgIpc) is 2.30. The average molecular weight is 256 g/mol. The molecule has 1 aromatic rings. The fourth-order valence-corrected chi connectivity index (χ4v) is 2.08. The van der Waals surface area contributed by atoms with Gasteiger partial charge in [0, 0.05) is 17.4 Å². The van der Waals surface area contributed by atoms with Gasteiger partial charge in [-0.3, -0.25) is 0 Å². The molecule has 0 atom stereocenters. The lowest BCUT2D eigenvalue weighted by Gasteiger charge is -2.21. The molecule has 0 aromatic carbocycles. The van der Waals surface area contributed by atoms with Gasteiger partial charge in [-0.25, -0.2) is 9.97 Å². The highest BCUT2D eigenvalue weighted by atomic mass is 79.9. The third-order valence-electron chi connectivity index (χ3n) is 2.57. The van der Waals surface area contributed by atoms with Gasteiger partial charge in [0.25, 0.3) is 0 Å². The van der Waals surface area contributed by atoms with E-state index in [9.17, 15) is 0 Å². The quantitative estimate of drug-likeness (QED) is 0.820. The molecule has 14 heavy (non-hydrogen) atoms. The van der Waals surface area contributed by atoms with E-state index in [0.717, 1.165) is 42.8 Å². The minimum absolute atomic E-state index is 0.551. The smallest absolute Gasteiger partial charge is 0.131 e. The van der Waals surface area contributed by atoms with Gasteiger partial charge in [0.1, 0.15) is 5.82 Å². The van der Waals surface area contributed by atoms with Crippen LogP contribution in [0.3, 0.4) is 0 Å². The third kappa shape index (κ3) is 2.30. The molecule has 0 bridgehead atoms. The number of hydrogen-bond donors (Lipinski definition) is 1. The van der Waals surface area contributed by atoms with Gasteiger partial charge in [-0.15, -0.1) is 0 Å². The van der Waals surface area contributed by atoms with Crippen LogP contribution in [0.4, 0.5) is 0 Å². The van der Waals surface area contributed by atoms with Gasteiger partial charge in [-0.2, -0.15) is 0 Å². The van der Waals surface area contributed by atoms with Crippen molar-refractivity contribution in [2.75, 3.05) is 13.1 Å². The molecular formula is C10H14BrN3. The van der Waals surface area contributed by atoms with Crippen LogP contribution in [-0.2, 0) is 5.33 Å². The summed E-state index contributed by atoms with van der Waals surface area (Å²) < 4.78 is 0. The van der Waals surface area contributed by atoms with Gasteiger partial charge in [0.05, 0.1) is 5.69 Å². The maximum absolute atomic E-state index is 4.53. The fraction of sp³-hybridized carbons (Fsp3) is 0.600. The zero-order chi connectivity index (χ0) is 9.80. The molecule has 0 spiro atoms. The number of nitrogens with one attached hydrogen (secondary N) is 1. The summed E-state index contributed by atoms with van der Waals surface area (Å²) in [6.45, 7) is 2.18. The van der Waals surface area contributed by atoms with Crippen molar-refractivity contribution in [2.45, 2.75) is 24.1 Å². The Morgan fingerprint density at radius 1 is 1.43 bits per heavy atom. The zero-order valence-electron chi connectivity index (χ0n) is 8.04. The molecule has 1 saturated heterocycles. The Kier molecular flexibility index (Phi) is 3.48. The Labute approximate surface area is 92.5 Å². The second kappa shape index (κ2) is 4.84. The topological polar surface area (TPSA) is 37.8 Å². The molecule has 1 aliphatic rings. The number of hydrogen-bond acceptors (Lipinski definition) is 3. The molecule has 0 unspecified atom stereocenters. The van der Waals surface area contributed by atoms with Gasteiger partial charge in [-0.05, 0) is 32.0 Å². The second-order valence-corrected chi connectivity index (χ2v) is 4.12. The summed E-state index contributed by atoms with van der Waals surface area (Å²) in [4.78, 5) is 8.88. The predicted molar refractivity (Wildman–Crippen MR) is 59.5 cm³/mol. The van der Waals surface area contributed by atoms with Crippen LogP contribution in [0.15, 0.2) is 12.3 Å². The number of piperidine rings is 1. The summed E-state index contributed by atoms with van der Waals surface area (Å²) in [6, 6.07) is 1.96. The Hall–Kier alpha value is -0.480. The molecule has 76 valence electrons. The molecule has 4 heteroatoms. The normalized spacial score (nSPS) is 18.4. The molecule has 1 aliphatic heterocycles. The van der Waals surface area contributed by atoms with Crippen molar-refractivity contribution in [3.63, 3.8) is 0 Å². The van der Waals surface area contributed by atoms with Crippen LogP contribution in [0.2, 0.25) is 0 Å². The van der Waals surface area contributed by atoms with Crippen LogP contribution in [0.25, 0.3) is 0 Å². The number of halogens is 1. The van der Waals surface area contributed by atoms with E-state index in [1.54, 1.807) is 0 Å². The van der Waals surface area contributed by atoms with Crippen LogP contribution >= 0.6 is 15.9 Å². The van der Waals surface area contributed by atoms with Crippen LogP contribution in [0, 0.1) is 0 Å². The van der Waals surface area contributed by atoms with Crippen LogP contribution in [-0.4, -0.2) is 23.1 Å². The van der Waals surface area contributed by atoms with E-state index in [2.05, 4.69) is 31.2 Å². The first-order valence-electron chi connectivity index (χ1n) is 4.98. The zero-order valence-corrected chi connectivity index (χ0v) is 9.63. The number of alkyl halides is 1. The lowest BCUT2D eigenvalue weighted by Crippen LogP contribution is -2.27. The van der Waals surface area contributed by atoms with Crippen LogP contribution < -0.4 is 5.32 Å². The molecule has 2 rings (SSSR count). The standard InChI is InChI=1S/C10H14BrN3/c11-7-9-3-6-13-10(14-9)8-1-4-12-5-2-8/h3,6,8,12H,1-2,4-5,7H2. The van der Waals surface area contributed by atoms with Gasteiger partial charge in [0.15, 0.2) is 0 Å². The third-order valence-corrected chi connectivity index (χ3v) is 3.15. The lowest BCUT2D eigenvalue weighted by atomic mass is 9.97. The Morgan fingerprint density at radius 2 is 2.21 bits per heavy atom. The van der Waals surface area contributed by atoms with Crippen LogP contribution in [0.5, 0.6) is 0 Å². The Bertz CT molecular complexity index is 297. The van der Waals surface area contributed by atoms with Crippen molar-refractivity contribution in [2.24, 2.45) is 0 Å². The van der Waals surface area contributed by atoms with E-state index < -0.39 is 0 Å². The van der Waals surface area contributed by atoms with Crippen molar-refractivity contribution < 1.29 is 0 Å². The van der Waals surface area contributed by atoms with Gasteiger partial charge in [-0.1, -0.05) is 15.9 Å². The summed E-state index contributed by atoms with van der Waals surface area (Å²) in [6.07, 6.45) is 4.18. The van der Waals surface area contributed by atoms with Crippen molar-refractivity contribution in [1.82, 2.24) is 15.3 Å². The summed E-state index contributed by atoms with van der Waals surface area (Å²) in [7, 11) is 0. The van der Waals surface area contributed by atoms with E-state index in [0.29, 0.717) is 5.92 Å². The predicted octanol–water partition coefficient (Wildman–Crippen LogP) is 1.84. The summed E-state index contributed by atoms with van der Waals surface area (Å²) in [5.41, 5.74) is 1.08. The number of nitrogens with zero attached hydrogens (tertiary/aromatic N) is 2. The van der Waals surface area contributed by atoms with E-state index >= 15 is 0 Å². The molecule has 2 heterocycles. The molecule has 0 amide bonds. The Balaban J connectivity index is 2.13. The van der Waals surface area contributed by atoms with Gasteiger partial charge in [0.2, 0.25) is 0 Å². The van der Waals surface area contributed by atoms with Crippen LogP contribution in [0.1, 0.15) is 30.3 Å². The molecule has 0 radical (unpaired) electrons. The first-order chi connectivity index (χ1) is 6.90. The monoisotopic (exact) mass is 255 g/mol. The first kappa shape index (κ1) is 10.1.